The number of nitrogens with one attached hydrogen (secondary N) is 1. The van der Waals surface area contributed by atoms with Crippen molar-refractivity contribution in [2.75, 3.05) is 31.3 Å². The highest BCUT2D eigenvalue weighted by atomic mass is 32.2. The van der Waals surface area contributed by atoms with Gasteiger partial charge in [0, 0.05) is 22.7 Å². The fourth-order valence-electron chi connectivity index (χ4n) is 5.27. The topological polar surface area (TPSA) is 67.9 Å². The first-order valence-corrected chi connectivity index (χ1v) is 13.5. The smallest absolute Gasteiger partial charge is 0.254 e. The minimum absolute atomic E-state index is 0.0403. The first kappa shape index (κ1) is 24.3. The van der Waals surface area contributed by atoms with E-state index in [1.165, 1.54) is 0 Å². The van der Waals surface area contributed by atoms with Crippen LogP contribution in [0.2, 0.25) is 0 Å². The predicted octanol–water partition coefficient (Wildman–Crippen LogP) is 5.68. The lowest BCUT2D eigenvalue weighted by Gasteiger charge is -2.45. The van der Waals surface area contributed by atoms with Gasteiger partial charge in [-0.15, -0.1) is 11.8 Å². The summed E-state index contributed by atoms with van der Waals surface area (Å²) in [5.74, 6) is 0.592. The number of ether oxygens (including phenoxy) is 2. The Hall–Kier alpha value is -3.45. The molecule has 0 spiro atoms. The Morgan fingerprint density at radius 2 is 1.75 bits per heavy atom. The SMILES string of the molecule is CCOc1cc2c(cc1OCC)[C@H]1[C@@H](C(=O)Nc3cccc(SC)c3)c3ccccc3C(=O)N1CC2. The van der Waals surface area contributed by atoms with E-state index in [0.29, 0.717) is 43.2 Å². The molecule has 0 saturated heterocycles. The van der Waals surface area contributed by atoms with E-state index in [0.717, 1.165) is 27.3 Å². The molecule has 3 aromatic carbocycles. The van der Waals surface area contributed by atoms with Crippen LogP contribution in [-0.4, -0.2) is 42.7 Å². The number of benzene rings is 3. The quantitative estimate of drug-likeness (QED) is 0.421. The second kappa shape index (κ2) is 10.3. The van der Waals surface area contributed by atoms with Crippen molar-refractivity contribution in [3.8, 4) is 11.5 Å². The van der Waals surface area contributed by atoms with E-state index < -0.39 is 12.0 Å². The lowest BCUT2D eigenvalue weighted by Crippen LogP contribution is -2.49. The molecular formula is C29H30N2O4S. The molecule has 6 nitrogen and oxygen atoms in total. The van der Waals surface area contributed by atoms with Gasteiger partial charge in [0.05, 0.1) is 25.2 Å². The zero-order valence-corrected chi connectivity index (χ0v) is 21.6. The van der Waals surface area contributed by atoms with Crippen molar-refractivity contribution in [2.24, 2.45) is 0 Å². The van der Waals surface area contributed by atoms with Crippen LogP contribution < -0.4 is 14.8 Å². The summed E-state index contributed by atoms with van der Waals surface area (Å²) in [6, 6.07) is 18.8. The highest BCUT2D eigenvalue weighted by molar-refractivity contribution is 7.98. The molecule has 2 amide bonds. The van der Waals surface area contributed by atoms with Crippen LogP contribution in [0.1, 0.15) is 52.9 Å². The summed E-state index contributed by atoms with van der Waals surface area (Å²) < 4.78 is 11.8. The van der Waals surface area contributed by atoms with Gasteiger partial charge >= 0.3 is 0 Å². The van der Waals surface area contributed by atoms with Crippen molar-refractivity contribution >= 4 is 29.3 Å². The lowest BCUT2D eigenvalue weighted by molar-refractivity contribution is -0.119. The van der Waals surface area contributed by atoms with Crippen LogP contribution in [0.4, 0.5) is 5.69 Å². The first-order valence-electron chi connectivity index (χ1n) is 12.3. The minimum Gasteiger partial charge on any atom is -0.490 e. The zero-order valence-electron chi connectivity index (χ0n) is 20.7. The number of amides is 2. The van der Waals surface area contributed by atoms with E-state index in [4.69, 9.17) is 9.47 Å². The third-order valence-corrected chi connectivity index (χ3v) is 7.53. The van der Waals surface area contributed by atoms with Gasteiger partial charge in [-0.25, -0.2) is 0 Å². The van der Waals surface area contributed by atoms with E-state index in [2.05, 4.69) is 5.32 Å². The van der Waals surface area contributed by atoms with Crippen molar-refractivity contribution in [2.45, 2.75) is 37.1 Å². The summed E-state index contributed by atoms with van der Waals surface area (Å²) in [6.45, 7) is 5.43. The highest BCUT2D eigenvalue weighted by Crippen LogP contribution is 2.48. The van der Waals surface area contributed by atoms with Gasteiger partial charge in [-0.05, 0) is 79.6 Å². The Bertz CT molecular complexity index is 1310. The molecule has 0 bridgehead atoms. The van der Waals surface area contributed by atoms with Crippen LogP contribution >= 0.6 is 11.8 Å². The van der Waals surface area contributed by atoms with Gasteiger partial charge in [0.15, 0.2) is 11.5 Å². The van der Waals surface area contributed by atoms with Crippen LogP contribution in [0.3, 0.4) is 0 Å². The molecule has 0 fully saturated rings. The summed E-state index contributed by atoms with van der Waals surface area (Å²) in [5, 5.41) is 3.13. The molecule has 0 radical (unpaired) electrons. The number of hydrogen-bond donors (Lipinski definition) is 1. The fraction of sp³-hybridized carbons (Fsp3) is 0.310. The zero-order chi connectivity index (χ0) is 25.2. The summed E-state index contributed by atoms with van der Waals surface area (Å²) in [7, 11) is 0. The van der Waals surface area contributed by atoms with Gasteiger partial charge in [-0.1, -0.05) is 24.3 Å². The summed E-state index contributed by atoms with van der Waals surface area (Å²) in [5.41, 5.74) is 4.10. The maximum atomic E-state index is 14.0. The second-order valence-corrected chi connectivity index (χ2v) is 9.72. The number of fused-ring (bicyclic) bond motifs is 4. The average Bonchev–Trinajstić information content (AvgIpc) is 2.89. The molecule has 186 valence electrons. The van der Waals surface area contributed by atoms with E-state index in [1.54, 1.807) is 11.8 Å². The van der Waals surface area contributed by atoms with Gasteiger partial charge in [-0.2, -0.15) is 0 Å². The molecule has 5 rings (SSSR count). The average molecular weight is 503 g/mol. The third-order valence-electron chi connectivity index (χ3n) is 6.80. The monoisotopic (exact) mass is 502 g/mol. The molecule has 0 saturated carbocycles. The molecule has 2 heterocycles. The van der Waals surface area contributed by atoms with Gasteiger partial charge in [0.25, 0.3) is 5.91 Å². The van der Waals surface area contributed by atoms with Crippen molar-refractivity contribution in [1.82, 2.24) is 4.90 Å². The molecule has 2 aliphatic rings. The van der Waals surface area contributed by atoms with E-state index >= 15 is 0 Å². The Labute approximate surface area is 216 Å². The normalized spacial score (nSPS) is 18.1. The predicted molar refractivity (Wildman–Crippen MR) is 142 cm³/mol. The summed E-state index contributed by atoms with van der Waals surface area (Å²) in [6.07, 6.45) is 2.70. The number of rotatable bonds is 7. The minimum atomic E-state index is -0.566. The summed E-state index contributed by atoms with van der Waals surface area (Å²) >= 11 is 1.62. The highest BCUT2D eigenvalue weighted by Gasteiger charge is 2.46. The molecule has 2 atom stereocenters. The number of nitrogens with zero attached hydrogens (tertiary/aromatic N) is 1. The van der Waals surface area contributed by atoms with Crippen molar-refractivity contribution in [1.29, 1.82) is 0 Å². The van der Waals surface area contributed by atoms with Gasteiger partial charge in [0.1, 0.15) is 0 Å². The maximum absolute atomic E-state index is 14.0. The van der Waals surface area contributed by atoms with E-state index in [9.17, 15) is 9.59 Å². The fourth-order valence-corrected chi connectivity index (χ4v) is 5.73. The molecular weight excluding hydrogens is 472 g/mol. The number of hydrogen-bond acceptors (Lipinski definition) is 5. The van der Waals surface area contributed by atoms with Crippen LogP contribution in [0.5, 0.6) is 11.5 Å². The van der Waals surface area contributed by atoms with Gasteiger partial charge < -0.3 is 19.7 Å². The van der Waals surface area contributed by atoms with Crippen LogP contribution in [0.25, 0.3) is 0 Å². The first-order chi connectivity index (χ1) is 17.5. The Kier molecular flexibility index (Phi) is 6.92. The van der Waals surface area contributed by atoms with Gasteiger partial charge in [0.2, 0.25) is 5.91 Å². The lowest BCUT2D eigenvalue weighted by atomic mass is 9.75. The molecule has 0 aliphatic carbocycles. The molecule has 7 heteroatoms. The number of carbonyl (C=O) groups is 2. The Balaban J connectivity index is 1.63. The van der Waals surface area contributed by atoms with E-state index in [-0.39, 0.29) is 11.8 Å². The van der Waals surface area contributed by atoms with Crippen molar-refractivity contribution in [3.63, 3.8) is 0 Å². The number of carbonyl (C=O) groups excluding carboxylic acids is 2. The van der Waals surface area contributed by atoms with Crippen molar-refractivity contribution in [3.05, 3.63) is 82.9 Å². The molecule has 3 aromatic rings. The molecule has 2 aliphatic heterocycles. The van der Waals surface area contributed by atoms with Crippen LogP contribution in [0, 0.1) is 0 Å². The number of thioether (sulfide) groups is 1. The standard InChI is InChI=1S/C29H30N2O4S/c1-4-34-24-15-18-13-14-31-27(23(18)17-25(24)35-5-2)26(21-11-6-7-12-22(21)29(31)33)28(32)30-19-9-8-10-20(16-19)36-3/h6-12,15-17,26-27H,4-5,13-14H2,1-3H3,(H,30,32)/t26-,27-/m0/s1. The third kappa shape index (κ3) is 4.32. The van der Waals surface area contributed by atoms with Crippen molar-refractivity contribution < 1.29 is 19.1 Å². The maximum Gasteiger partial charge on any atom is 0.254 e. The van der Waals surface area contributed by atoms with Crippen LogP contribution in [-0.2, 0) is 11.2 Å². The van der Waals surface area contributed by atoms with Crippen LogP contribution in [0.15, 0.2) is 65.6 Å². The molecule has 0 aromatic heterocycles. The van der Waals surface area contributed by atoms with Gasteiger partial charge in [-0.3, -0.25) is 9.59 Å². The second-order valence-electron chi connectivity index (χ2n) is 8.84. The summed E-state index contributed by atoms with van der Waals surface area (Å²) in [4.78, 5) is 30.5. The molecule has 36 heavy (non-hydrogen) atoms. The van der Waals surface area contributed by atoms with E-state index in [1.807, 2.05) is 85.7 Å². The largest absolute Gasteiger partial charge is 0.490 e. The number of anilines is 1. The Morgan fingerprint density at radius 1 is 1.00 bits per heavy atom. The molecule has 0 unspecified atom stereocenters. The Morgan fingerprint density at radius 3 is 2.50 bits per heavy atom. The molecule has 1 N–H and O–H groups in total.